The van der Waals surface area contributed by atoms with E-state index in [-0.39, 0.29) is 75.4 Å². The van der Waals surface area contributed by atoms with Gasteiger partial charge in [-0.15, -0.1) is 0 Å². The summed E-state index contributed by atoms with van der Waals surface area (Å²) in [6.45, 7) is 30.3. The van der Waals surface area contributed by atoms with Gasteiger partial charge in [0.25, 0.3) is 11.8 Å². The number of nitrogens with zero attached hydrogens (tertiary/aromatic N) is 3. The predicted octanol–water partition coefficient (Wildman–Crippen LogP) is 2.24. The third-order valence-corrected chi connectivity index (χ3v) is 21.7. The fourth-order valence-electron chi connectivity index (χ4n) is 15.0. The number of carboxylic acid groups (broad SMARTS) is 1. The third kappa shape index (κ3) is 15.6. The highest BCUT2D eigenvalue weighted by atomic mass is 16.4. The van der Waals surface area contributed by atoms with Crippen molar-refractivity contribution in [3.05, 3.63) is 0 Å². The summed E-state index contributed by atoms with van der Waals surface area (Å²) in [6.07, 6.45) is 6.76. The predicted molar refractivity (Wildman–Crippen MR) is 340 cm³/mol. The number of piperidine rings is 3. The molecule has 0 aromatic heterocycles. The lowest BCUT2D eigenvalue weighted by Gasteiger charge is -2.38. The number of nitrogens with two attached hydrogens (primary N) is 1. The number of urea groups is 3. The summed E-state index contributed by atoms with van der Waals surface area (Å²) in [5.41, 5.74) is 3.28. The van der Waals surface area contributed by atoms with Crippen LogP contribution < -0.4 is 53.6 Å². The van der Waals surface area contributed by atoms with Crippen molar-refractivity contribution < 1.29 is 67.4 Å². The maximum atomic E-state index is 13.7. The van der Waals surface area contributed by atoms with E-state index in [1.54, 1.807) is 4.90 Å². The summed E-state index contributed by atoms with van der Waals surface area (Å²) in [7, 11) is 5.83. The Balaban J connectivity index is 0.000000224. The van der Waals surface area contributed by atoms with Crippen molar-refractivity contribution >= 4 is 77.0 Å². The number of primary amides is 1. The number of carbonyl (C=O) groups excluding carboxylic acids is 12. The first-order valence-corrected chi connectivity index (χ1v) is 32.7. The van der Waals surface area contributed by atoms with Crippen LogP contribution in [0.25, 0.3) is 0 Å². The van der Waals surface area contributed by atoms with E-state index in [2.05, 4.69) is 75.5 Å². The lowest BCUT2D eigenvalue weighted by atomic mass is 9.80. The number of likely N-dealkylation sites (tertiary alicyclic amines) is 3. The molecule has 0 spiro atoms. The molecule has 5 saturated carbocycles. The van der Waals surface area contributed by atoms with E-state index < -0.39 is 124 Å². The second-order valence-electron chi connectivity index (χ2n) is 31.9. The largest absolute Gasteiger partial charge is 0.480 e. The van der Waals surface area contributed by atoms with Crippen molar-refractivity contribution in [2.24, 2.45) is 85.6 Å². The number of rotatable bonds is 19. The van der Waals surface area contributed by atoms with Crippen LogP contribution >= 0.6 is 0 Å². The maximum absolute atomic E-state index is 13.7. The number of Topliss-reactive ketones (excluding diaryl/α,β-unsaturated/α-hetero) is 2. The van der Waals surface area contributed by atoms with E-state index >= 15 is 0 Å². The molecule has 0 radical (unpaired) electrons. The van der Waals surface area contributed by atoms with Crippen LogP contribution in [0.1, 0.15) is 155 Å². The molecule has 0 aromatic carbocycles. The van der Waals surface area contributed by atoms with Gasteiger partial charge in [-0.1, -0.05) is 142 Å². The van der Waals surface area contributed by atoms with Crippen LogP contribution in [-0.2, 0) is 47.9 Å². The van der Waals surface area contributed by atoms with Gasteiger partial charge in [0.15, 0.2) is 0 Å². The van der Waals surface area contributed by atoms with Crippen molar-refractivity contribution in [3.63, 3.8) is 0 Å². The molecular formula is C65H107N13O14. The fraction of sp³-hybridized carbons (Fsp3) is 0.800. The molecule has 3 aliphatic heterocycles. The molecule has 0 aromatic rings. The summed E-state index contributed by atoms with van der Waals surface area (Å²) >= 11 is 0. The van der Waals surface area contributed by atoms with Gasteiger partial charge in [0.05, 0.1) is 12.1 Å². The monoisotopic (exact) mass is 1290 g/mol. The van der Waals surface area contributed by atoms with Crippen molar-refractivity contribution in [2.75, 3.05) is 47.8 Å². The lowest BCUT2D eigenvalue weighted by molar-refractivity contribution is -0.152. The Labute approximate surface area is 542 Å². The van der Waals surface area contributed by atoms with Gasteiger partial charge in [0, 0.05) is 53.7 Å². The van der Waals surface area contributed by atoms with Crippen LogP contribution in [0.3, 0.4) is 0 Å². The third-order valence-electron chi connectivity index (χ3n) is 21.7. The standard InChI is InChI=1S/C25H41N5O5.C24H39N5O5.C16H27N3O4/c1-24(2,3)19(29-23(35)27-7)22(34)30-12-14-16(25(14,4)5)17(30)20(32)28-15(11-13-9-8-10-13)18(31)21(33)26-6;1-23(2,3)18(28-22(34)26-6)21(33)29-11-13-15(24(13,4)5)16(29)20(32)27-14(17(30)19(25)31)10-12-8-7-9-12;1-15(2,3)11(18-14(23)17-6)12(20)19-7-8-9(16(8,4)5)10(19)13(21)22/h13-17,19H,8-12H2,1-7H3,(H,26,33)(H,28,32)(H2,27,29,35);12-16,18H,7-11H2,1-6H3,(H2,25,31)(H,27,32)(H2,26,28,34);8-11H,7H2,1-6H3,(H,21,22)(H2,17,18,23)/t14?,15?,16?,17-,19+;13?,14?,15?,16-,18+;8?,9?,10-,11+/m000/s1. The first-order valence-electron chi connectivity index (χ1n) is 32.7. The Kier molecular flexibility index (Phi) is 22.1. The molecule has 8 fully saturated rings. The Morgan fingerprint density at radius 1 is 0.446 bits per heavy atom. The highest BCUT2D eigenvalue weighted by Crippen LogP contribution is 2.67. The zero-order valence-corrected chi connectivity index (χ0v) is 57.7. The number of likely N-dealkylation sites (N-methyl/N-ethyl adjacent to an activating group) is 1. The smallest absolute Gasteiger partial charge is 0.326 e. The van der Waals surface area contributed by atoms with Crippen molar-refractivity contribution in [1.29, 1.82) is 0 Å². The normalized spacial score (nSPS) is 27.4. The van der Waals surface area contributed by atoms with Crippen molar-refractivity contribution in [2.45, 2.75) is 204 Å². The van der Waals surface area contributed by atoms with Gasteiger partial charge >= 0.3 is 24.1 Å². The minimum Gasteiger partial charge on any atom is -0.480 e. The molecule has 3 saturated heterocycles. The molecule has 27 nitrogen and oxygen atoms in total. The molecule has 12 N–H and O–H groups in total. The van der Waals surface area contributed by atoms with Crippen LogP contribution in [0.15, 0.2) is 0 Å². The van der Waals surface area contributed by atoms with Gasteiger partial charge in [-0.05, 0) is 86.8 Å². The highest BCUT2D eigenvalue weighted by Gasteiger charge is 2.72. The van der Waals surface area contributed by atoms with Gasteiger partial charge in [-0.25, -0.2) is 19.2 Å². The molecule has 516 valence electrons. The minimum absolute atomic E-state index is 0.00966. The van der Waals surface area contributed by atoms with Crippen LogP contribution in [0.2, 0.25) is 0 Å². The topological polar surface area (TPSA) is 386 Å². The van der Waals surface area contributed by atoms with Gasteiger partial charge in [-0.2, -0.15) is 0 Å². The molecule has 27 heteroatoms. The van der Waals surface area contributed by atoms with Crippen LogP contribution in [0, 0.1) is 79.8 Å². The van der Waals surface area contributed by atoms with E-state index in [4.69, 9.17) is 5.73 Å². The lowest BCUT2D eigenvalue weighted by Crippen LogP contribution is -2.61. The van der Waals surface area contributed by atoms with Gasteiger partial charge < -0.3 is 73.4 Å². The molecule has 8 rings (SSSR count). The molecule has 14 atom stereocenters. The fourth-order valence-corrected chi connectivity index (χ4v) is 15.0. The number of aliphatic carboxylic acids is 1. The van der Waals surface area contributed by atoms with Gasteiger partial charge in [0.1, 0.15) is 36.3 Å². The molecule has 0 bridgehead atoms. The summed E-state index contributed by atoms with van der Waals surface area (Å²) in [5.74, 6) is -5.14. The molecular weight excluding hydrogens is 1190 g/mol. The Hall–Kier alpha value is -7.09. The number of nitrogens with one attached hydrogen (secondary N) is 9. The highest BCUT2D eigenvalue weighted by molar-refractivity contribution is 6.38. The zero-order valence-electron chi connectivity index (χ0n) is 57.7. The van der Waals surface area contributed by atoms with E-state index in [0.717, 1.165) is 38.5 Å². The molecule has 13 amide bonds. The second-order valence-corrected chi connectivity index (χ2v) is 31.9. The second kappa shape index (κ2) is 27.5. The molecule has 3 heterocycles. The number of ketones is 2. The van der Waals surface area contributed by atoms with E-state index in [9.17, 15) is 67.4 Å². The van der Waals surface area contributed by atoms with Crippen molar-refractivity contribution in [3.8, 4) is 0 Å². The Bertz CT molecular complexity index is 2900. The van der Waals surface area contributed by atoms with E-state index in [1.807, 2.05) is 76.2 Å². The molecule has 8 aliphatic rings. The zero-order chi connectivity index (χ0) is 69.6. The van der Waals surface area contributed by atoms with Crippen LogP contribution in [0.4, 0.5) is 14.4 Å². The average Bonchev–Trinajstić information content (AvgIpc) is 1.54. The number of hydrogen-bond acceptors (Lipinski definition) is 13. The summed E-state index contributed by atoms with van der Waals surface area (Å²) in [4.78, 5) is 169. The minimum atomic E-state index is -1.07. The van der Waals surface area contributed by atoms with Crippen molar-refractivity contribution in [1.82, 2.24) is 62.6 Å². The number of fused-ring (bicyclic) bond motifs is 3. The van der Waals surface area contributed by atoms with Gasteiger partial charge in [-0.3, -0.25) is 43.2 Å². The summed E-state index contributed by atoms with van der Waals surface area (Å²) in [5, 5.41) is 33.1. The average molecular weight is 1290 g/mol. The first-order chi connectivity index (χ1) is 42.4. The van der Waals surface area contributed by atoms with E-state index in [0.29, 0.717) is 38.4 Å². The Morgan fingerprint density at radius 2 is 0.728 bits per heavy atom. The van der Waals surface area contributed by atoms with E-state index in [1.165, 1.54) is 38.0 Å². The number of amides is 13. The number of carbonyl (C=O) groups is 13. The van der Waals surface area contributed by atoms with Crippen LogP contribution in [-0.4, -0.2) is 193 Å². The number of carboxylic acids is 1. The van der Waals surface area contributed by atoms with Gasteiger partial charge in [0.2, 0.25) is 41.1 Å². The molecule has 5 aliphatic carbocycles. The quantitative estimate of drug-likeness (QED) is 0.0827. The number of hydrogen-bond donors (Lipinski definition) is 11. The maximum Gasteiger partial charge on any atom is 0.326 e. The SMILES string of the molecule is CNC(=O)N[C@H](C(=O)N1CC2C([C@H]1C(=O)NC(CC1CCC1)C(=O)C(=O)NC)C2(C)C)C(C)(C)C.CNC(=O)N[C@H](C(=O)N1CC2C([C@H]1C(=O)NC(CC1CCC1)C(=O)C(N)=O)C2(C)C)C(C)(C)C.CNC(=O)N[C@H](C(=O)N1CC2C([C@H]1C(=O)O)C2(C)C)C(C)(C)C. The molecule has 92 heavy (non-hydrogen) atoms. The van der Waals surface area contributed by atoms with Crippen LogP contribution in [0.5, 0.6) is 0 Å². The first kappa shape index (κ1) is 74.0. The molecule has 8 unspecified atom stereocenters. The summed E-state index contributed by atoms with van der Waals surface area (Å²) < 4.78 is 0. The Morgan fingerprint density at radius 3 is 0.967 bits per heavy atom. The summed E-state index contributed by atoms with van der Waals surface area (Å²) in [6, 6.07) is -8.12.